The van der Waals surface area contributed by atoms with Crippen LogP contribution < -0.4 is 0 Å². The molecule has 1 saturated heterocycles. The maximum absolute atomic E-state index is 12.7. The highest BCUT2D eigenvalue weighted by Crippen LogP contribution is 2.22. The van der Waals surface area contributed by atoms with Crippen LogP contribution in [0.3, 0.4) is 0 Å². The normalized spacial score (nSPS) is 15.2. The van der Waals surface area contributed by atoms with Crippen LogP contribution in [0.4, 0.5) is 4.39 Å². The number of hydrogen-bond acceptors (Lipinski definition) is 2. The Labute approximate surface area is 141 Å². The molecule has 0 atom stereocenters. The van der Waals surface area contributed by atoms with Gasteiger partial charge in [-0.1, -0.05) is 29.3 Å². The fourth-order valence-electron chi connectivity index (χ4n) is 2.67. The van der Waals surface area contributed by atoms with Crippen LogP contribution >= 0.6 is 23.2 Å². The van der Waals surface area contributed by atoms with Crippen molar-refractivity contribution >= 4 is 29.1 Å². The summed E-state index contributed by atoms with van der Waals surface area (Å²) in [5.41, 5.74) is 0.993. The summed E-state index contributed by atoms with van der Waals surface area (Å²) in [5.74, 6) is -0.445. The fraction of sp³-hybridized carbons (Fsp3) is 0.562. The Bertz CT molecular complexity index is 507. The van der Waals surface area contributed by atoms with Crippen LogP contribution in [0, 0.1) is 0 Å². The highest BCUT2D eigenvalue weighted by molar-refractivity contribution is 6.42. The van der Waals surface area contributed by atoms with E-state index in [2.05, 4.69) is 4.90 Å². The summed E-state index contributed by atoms with van der Waals surface area (Å²) in [6, 6.07) is 5.42. The van der Waals surface area contributed by atoms with Crippen LogP contribution in [0.15, 0.2) is 18.2 Å². The second-order valence-electron chi connectivity index (χ2n) is 5.56. The van der Waals surface area contributed by atoms with Gasteiger partial charge in [-0.2, -0.15) is 0 Å². The summed E-state index contributed by atoms with van der Waals surface area (Å²) >= 11 is 11.9. The van der Waals surface area contributed by atoms with Crippen molar-refractivity contribution in [1.29, 1.82) is 0 Å². The van der Waals surface area contributed by atoms with Crippen LogP contribution in [-0.2, 0) is 11.2 Å². The molecule has 1 aromatic rings. The molecular weight excluding hydrogens is 326 g/mol. The monoisotopic (exact) mass is 346 g/mol. The van der Waals surface area contributed by atoms with Crippen LogP contribution in [0.1, 0.15) is 18.4 Å². The van der Waals surface area contributed by atoms with Gasteiger partial charge >= 0.3 is 0 Å². The zero-order valence-corrected chi connectivity index (χ0v) is 14.0. The van der Waals surface area contributed by atoms with Gasteiger partial charge in [-0.15, -0.1) is 0 Å². The summed E-state index contributed by atoms with van der Waals surface area (Å²) in [6.07, 6.45) is 3.06. The number of nitrogens with zero attached hydrogens (tertiary/aromatic N) is 2. The maximum Gasteiger partial charge on any atom is 0.254 e. The van der Waals surface area contributed by atoms with Gasteiger partial charge < -0.3 is 9.80 Å². The van der Waals surface area contributed by atoms with Gasteiger partial charge in [0.1, 0.15) is 0 Å². The van der Waals surface area contributed by atoms with E-state index in [0.29, 0.717) is 29.6 Å². The third kappa shape index (κ3) is 5.11. The number of carbonyl (C=O) groups excluding carboxylic acids is 1. The summed E-state index contributed by atoms with van der Waals surface area (Å²) in [5, 5.41) is 1.01. The van der Waals surface area contributed by atoms with E-state index in [0.717, 1.165) is 25.2 Å². The van der Waals surface area contributed by atoms with Gasteiger partial charge in [-0.05, 0) is 50.0 Å². The van der Waals surface area contributed by atoms with Gasteiger partial charge in [-0.25, -0.2) is 4.39 Å². The van der Waals surface area contributed by atoms with Gasteiger partial charge in [0.15, 0.2) is 6.67 Å². The SMILES string of the molecule is O=C(CF)N(CCc1ccc(Cl)c(Cl)c1)CCN1CCCC1. The molecule has 0 spiro atoms. The van der Waals surface area contributed by atoms with E-state index < -0.39 is 12.6 Å². The van der Waals surface area contributed by atoms with Crippen LogP contribution in [0.2, 0.25) is 10.0 Å². The molecule has 0 aromatic heterocycles. The summed E-state index contributed by atoms with van der Waals surface area (Å²) in [7, 11) is 0. The summed E-state index contributed by atoms with van der Waals surface area (Å²) in [4.78, 5) is 15.7. The van der Waals surface area contributed by atoms with Crippen molar-refractivity contribution in [3.8, 4) is 0 Å². The Morgan fingerprint density at radius 1 is 1.18 bits per heavy atom. The van der Waals surface area contributed by atoms with Crippen LogP contribution in [0.25, 0.3) is 0 Å². The van der Waals surface area contributed by atoms with Crippen molar-refractivity contribution in [2.45, 2.75) is 19.3 Å². The molecule has 22 heavy (non-hydrogen) atoms. The highest BCUT2D eigenvalue weighted by Gasteiger charge is 2.17. The number of amides is 1. The van der Waals surface area contributed by atoms with Gasteiger partial charge in [-0.3, -0.25) is 4.79 Å². The molecule has 0 saturated carbocycles. The zero-order valence-electron chi connectivity index (χ0n) is 12.5. The van der Waals surface area contributed by atoms with E-state index >= 15 is 0 Å². The predicted molar refractivity (Wildman–Crippen MR) is 88.4 cm³/mol. The van der Waals surface area contributed by atoms with E-state index in [1.807, 2.05) is 6.07 Å². The number of carbonyl (C=O) groups is 1. The lowest BCUT2D eigenvalue weighted by atomic mass is 10.1. The Hall–Kier alpha value is -0.840. The minimum Gasteiger partial charge on any atom is -0.339 e. The molecule has 0 aliphatic carbocycles. The molecule has 1 aromatic carbocycles. The van der Waals surface area contributed by atoms with E-state index in [-0.39, 0.29) is 0 Å². The molecule has 0 radical (unpaired) electrons. The number of likely N-dealkylation sites (tertiary alicyclic amines) is 1. The topological polar surface area (TPSA) is 23.6 Å². The first-order chi connectivity index (χ1) is 10.6. The largest absolute Gasteiger partial charge is 0.339 e. The van der Waals surface area contributed by atoms with Gasteiger partial charge in [0.2, 0.25) is 0 Å². The second-order valence-corrected chi connectivity index (χ2v) is 6.38. The zero-order chi connectivity index (χ0) is 15.9. The average Bonchev–Trinajstić information content (AvgIpc) is 3.03. The van der Waals surface area contributed by atoms with Gasteiger partial charge in [0.05, 0.1) is 10.0 Å². The molecule has 2 rings (SSSR count). The van der Waals surface area contributed by atoms with E-state index in [1.165, 1.54) is 12.8 Å². The summed E-state index contributed by atoms with van der Waals surface area (Å²) < 4.78 is 12.7. The Morgan fingerprint density at radius 2 is 1.91 bits per heavy atom. The van der Waals surface area contributed by atoms with Gasteiger partial charge in [0, 0.05) is 19.6 Å². The predicted octanol–water partition coefficient (Wildman–Crippen LogP) is 3.43. The Kier molecular flexibility index (Phi) is 6.93. The molecule has 1 aliphatic rings. The molecule has 1 fully saturated rings. The number of rotatable bonds is 7. The molecule has 1 heterocycles. The van der Waals surface area contributed by atoms with E-state index in [4.69, 9.17) is 23.2 Å². The molecular formula is C16H21Cl2FN2O. The molecule has 0 unspecified atom stereocenters. The first-order valence-corrected chi connectivity index (χ1v) is 8.36. The first-order valence-electron chi connectivity index (χ1n) is 7.60. The molecule has 3 nitrogen and oxygen atoms in total. The smallest absolute Gasteiger partial charge is 0.254 e. The lowest BCUT2D eigenvalue weighted by molar-refractivity contribution is -0.132. The quantitative estimate of drug-likeness (QED) is 0.755. The third-order valence-corrected chi connectivity index (χ3v) is 4.75. The van der Waals surface area contributed by atoms with Crippen LogP contribution in [0.5, 0.6) is 0 Å². The van der Waals surface area contributed by atoms with Crippen molar-refractivity contribution in [2.24, 2.45) is 0 Å². The minimum atomic E-state index is -0.943. The number of benzene rings is 1. The number of alkyl halides is 1. The maximum atomic E-state index is 12.7. The number of hydrogen-bond donors (Lipinski definition) is 0. The molecule has 6 heteroatoms. The van der Waals surface area contributed by atoms with E-state index in [9.17, 15) is 9.18 Å². The second kappa shape index (κ2) is 8.70. The first kappa shape index (κ1) is 17.5. The van der Waals surface area contributed by atoms with Crippen molar-refractivity contribution in [1.82, 2.24) is 9.80 Å². The molecule has 0 N–H and O–H groups in total. The van der Waals surface area contributed by atoms with Crippen molar-refractivity contribution < 1.29 is 9.18 Å². The molecule has 1 aliphatic heterocycles. The standard InChI is InChI=1S/C16H21Cl2FN2O/c17-14-4-3-13(11-15(14)18)5-8-21(16(22)12-19)10-9-20-6-1-2-7-20/h3-4,11H,1-2,5-10,12H2. The molecule has 122 valence electrons. The number of halogens is 3. The highest BCUT2D eigenvalue weighted by atomic mass is 35.5. The molecule has 1 amide bonds. The lowest BCUT2D eigenvalue weighted by Gasteiger charge is -2.24. The lowest BCUT2D eigenvalue weighted by Crippen LogP contribution is -2.39. The van der Waals surface area contributed by atoms with Crippen molar-refractivity contribution in [3.05, 3.63) is 33.8 Å². The molecule has 0 bridgehead atoms. The van der Waals surface area contributed by atoms with Gasteiger partial charge in [0.25, 0.3) is 5.91 Å². The summed E-state index contributed by atoms with van der Waals surface area (Å²) in [6.45, 7) is 3.09. The van der Waals surface area contributed by atoms with Crippen LogP contribution in [-0.4, -0.2) is 55.1 Å². The van der Waals surface area contributed by atoms with E-state index in [1.54, 1.807) is 17.0 Å². The minimum absolute atomic E-state index is 0.445. The average molecular weight is 347 g/mol. The third-order valence-electron chi connectivity index (χ3n) is 4.01. The Balaban J connectivity index is 1.88. The van der Waals surface area contributed by atoms with Crippen molar-refractivity contribution in [3.63, 3.8) is 0 Å². The Morgan fingerprint density at radius 3 is 2.55 bits per heavy atom. The fourth-order valence-corrected chi connectivity index (χ4v) is 2.99. The van der Waals surface area contributed by atoms with Crippen molar-refractivity contribution in [2.75, 3.05) is 39.4 Å².